The summed E-state index contributed by atoms with van der Waals surface area (Å²) in [5.74, 6) is 0.627. The molecule has 3 aromatic rings. The largest absolute Gasteiger partial charge is 0.364 e. The number of imidazole rings is 1. The fraction of sp³-hybridized carbons (Fsp3) is 0.167. The van der Waals surface area contributed by atoms with Crippen LogP contribution >= 0.6 is 28.1 Å². The Morgan fingerprint density at radius 3 is 2.62 bits per heavy atom. The van der Waals surface area contributed by atoms with E-state index in [1.54, 1.807) is 7.05 Å². The van der Waals surface area contributed by atoms with Gasteiger partial charge in [-0.05, 0) is 42.0 Å². The topological polar surface area (TPSA) is 71.0 Å². The Bertz CT molecular complexity index is 938. The van der Waals surface area contributed by atoms with Gasteiger partial charge in [0.25, 0.3) is 5.91 Å². The highest BCUT2D eigenvalue weighted by Crippen LogP contribution is 2.19. The van der Waals surface area contributed by atoms with Crippen molar-refractivity contribution < 1.29 is 4.79 Å². The lowest BCUT2D eigenvalue weighted by Gasteiger charge is -2.12. The van der Waals surface area contributed by atoms with Crippen molar-refractivity contribution in [2.45, 2.75) is 13.0 Å². The Hall–Kier alpha value is -2.45. The van der Waals surface area contributed by atoms with Crippen molar-refractivity contribution in [3.8, 4) is 0 Å². The summed E-state index contributed by atoms with van der Waals surface area (Å²) in [7, 11) is 1.68. The Morgan fingerprint density at radius 2 is 1.88 bits per heavy atom. The highest BCUT2D eigenvalue weighted by Gasteiger charge is 2.14. The second-order valence-electron chi connectivity index (χ2n) is 5.66. The molecule has 26 heavy (non-hydrogen) atoms. The van der Waals surface area contributed by atoms with E-state index in [1.807, 2.05) is 53.1 Å². The second-order valence-corrected chi connectivity index (χ2v) is 6.98. The van der Waals surface area contributed by atoms with Crippen molar-refractivity contribution >= 4 is 50.2 Å². The molecule has 3 rings (SSSR count). The van der Waals surface area contributed by atoms with Gasteiger partial charge in [0.2, 0.25) is 0 Å². The van der Waals surface area contributed by atoms with Crippen molar-refractivity contribution in [2.75, 3.05) is 7.05 Å². The van der Waals surface area contributed by atoms with Crippen LogP contribution in [0.1, 0.15) is 11.4 Å². The van der Waals surface area contributed by atoms with Gasteiger partial charge in [-0.15, -0.1) is 0 Å². The molecular weight excluding hydrogens is 414 g/mol. The van der Waals surface area contributed by atoms with Gasteiger partial charge < -0.3 is 9.88 Å². The molecule has 0 aliphatic rings. The SMILES string of the molecule is CNC(=S)NNC(=O)Cn1c(Cc2ccc(Br)cc2)nc2ccccc21. The number of carbonyl (C=O) groups excluding carboxylic acids is 1. The molecule has 0 atom stereocenters. The van der Waals surface area contributed by atoms with E-state index in [2.05, 4.69) is 32.1 Å². The lowest BCUT2D eigenvalue weighted by molar-refractivity contribution is -0.122. The Labute approximate surface area is 165 Å². The summed E-state index contributed by atoms with van der Waals surface area (Å²) in [5, 5.41) is 3.09. The van der Waals surface area contributed by atoms with Crippen molar-refractivity contribution in [3.05, 3.63) is 64.4 Å². The molecule has 0 unspecified atom stereocenters. The summed E-state index contributed by atoms with van der Waals surface area (Å²) < 4.78 is 2.96. The average molecular weight is 432 g/mol. The maximum atomic E-state index is 12.3. The number of amides is 1. The van der Waals surface area contributed by atoms with Gasteiger partial charge in [-0.2, -0.15) is 0 Å². The van der Waals surface area contributed by atoms with Crippen LogP contribution in [0.5, 0.6) is 0 Å². The van der Waals surface area contributed by atoms with Crippen LogP contribution in [0.2, 0.25) is 0 Å². The van der Waals surface area contributed by atoms with E-state index in [1.165, 1.54) is 0 Å². The minimum absolute atomic E-state index is 0.145. The van der Waals surface area contributed by atoms with Gasteiger partial charge in [-0.25, -0.2) is 4.98 Å². The quantitative estimate of drug-likeness (QED) is 0.437. The van der Waals surface area contributed by atoms with Crippen LogP contribution in [-0.2, 0) is 17.8 Å². The number of rotatable bonds is 4. The lowest BCUT2D eigenvalue weighted by Crippen LogP contribution is -2.46. The third-order valence-electron chi connectivity index (χ3n) is 3.85. The summed E-state index contributed by atoms with van der Waals surface area (Å²) in [5.41, 5.74) is 8.15. The Morgan fingerprint density at radius 1 is 1.15 bits per heavy atom. The van der Waals surface area contributed by atoms with E-state index in [4.69, 9.17) is 17.2 Å². The minimum atomic E-state index is -0.206. The van der Waals surface area contributed by atoms with Crippen LogP contribution in [0.3, 0.4) is 0 Å². The molecule has 0 fully saturated rings. The highest BCUT2D eigenvalue weighted by atomic mass is 79.9. The van der Waals surface area contributed by atoms with E-state index < -0.39 is 0 Å². The number of thiocarbonyl (C=S) groups is 1. The molecule has 3 N–H and O–H groups in total. The summed E-state index contributed by atoms with van der Waals surface area (Å²) in [6, 6.07) is 15.9. The van der Waals surface area contributed by atoms with Gasteiger partial charge in [-0.3, -0.25) is 15.6 Å². The monoisotopic (exact) mass is 431 g/mol. The van der Waals surface area contributed by atoms with E-state index in [9.17, 15) is 4.79 Å². The normalized spacial score (nSPS) is 10.5. The number of para-hydroxylation sites is 2. The number of fused-ring (bicyclic) bond motifs is 1. The first-order valence-corrected chi connectivity index (χ1v) is 9.22. The molecule has 0 saturated carbocycles. The molecule has 8 heteroatoms. The first-order valence-electron chi connectivity index (χ1n) is 8.02. The van der Waals surface area contributed by atoms with Crippen LogP contribution < -0.4 is 16.2 Å². The van der Waals surface area contributed by atoms with E-state index in [0.29, 0.717) is 11.5 Å². The van der Waals surface area contributed by atoms with Gasteiger partial charge in [0.1, 0.15) is 12.4 Å². The summed E-state index contributed by atoms with van der Waals surface area (Å²) in [6.45, 7) is 0.145. The standard InChI is InChI=1S/C18H18BrN5OS/c1-20-18(26)23-22-17(25)11-24-15-5-3-2-4-14(15)21-16(24)10-12-6-8-13(19)9-7-12/h2-9H,10-11H2,1H3,(H,22,25)(H2,20,23,26). The van der Waals surface area contributed by atoms with E-state index in [-0.39, 0.29) is 12.5 Å². The predicted molar refractivity (Wildman–Crippen MR) is 110 cm³/mol. The maximum Gasteiger partial charge on any atom is 0.258 e. The van der Waals surface area contributed by atoms with E-state index in [0.717, 1.165) is 26.9 Å². The van der Waals surface area contributed by atoms with Gasteiger partial charge in [0.15, 0.2) is 5.11 Å². The maximum absolute atomic E-state index is 12.3. The smallest absolute Gasteiger partial charge is 0.258 e. The molecule has 0 radical (unpaired) electrons. The number of aromatic nitrogens is 2. The molecule has 134 valence electrons. The van der Waals surface area contributed by atoms with Crippen LogP contribution in [0.15, 0.2) is 53.0 Å². The van der Waals surface area contributed by atoms with Crippen LogP contribution in [0, 0.1) is 0 Å². The number of nitrogens with zero attached hydrogens (tertiary/aromatic N) is 2. The number of halogens is 1. The fourth-order valence-corrected chi connectivity index (χ4v) is 2.91. The predicted octanol–water partition coefficient (Wildman–Crippen LogP) is 2.51. The third-order valence-corrected chi connectivity index (χ3v) is 4.69. The lowest BCUT2D eigenvalue weighted by atomic mass is 10.1. The highest BCUT2D eigenvalue weighted by molar-refractivity contribution is 9.10. The molecule has 0 aliphatic carbocycles. The Kier molecular flexibility index (Phi) is 5.85. The zero-order valence-corrected chi connectivity index (χ0v) is 16.5. The molecule has 0 spiro atoms. The molecule has 1 amide bonds. The molecule has 0 bridgehead atoms. The average Bonchev–Trinajstić information content (AvgIpc) is 2.99. The molecule has 2 aromatic carbocycles. The Balaban J connectivity index is 1.85. The zero-order chi connectivity index (χ0) is 18.5. The van der Waals surface area contributed by atoms with Gasteiger partial charge in [-0.1, -0.05) is 40.2 Å². The third kappa shape index (κ3) is 4.39. The van der Waals surface area contributed by atoms with Gasteiger partial charge in [0.05, 0.1) is 11.0 Å². The first kappa shape index (κ1) is 18.3. The number of hydrogen-bond acceptors (Lipinski definition) is 3. The van der Waals surface area contributed by atoms with Crippen molar-refractivity contribution in [3.63, 3.8) is 0 Å². The van der Waals surface area contributed by atoms with Gasteiger partial charge in [0, 0.05) is 17.9 Å². The molecular formula is C18H18BrN5OS. The van der Waals surface area contributed by atoms with E-state index >= 15 is 0 Å². The number of hydrazine groups is 1. The van der Waals surface area contributed by atoms with Gasteiger partial charge >= 0.3 is 0 Å². The molecule has 1 heterocycles. The molecule has 1 aromatic heterocycles. The number of hydrogen-bond donors (Lipinski definition) is 3. The number of benzene rings is 2. The zero-order valence-electron chi connectivity index (χ0n) is 14.1. The first-order chi connectivity index (χ1) is 12.6. The molecule has 0 aliphatic heterocycles. The second kappa shape index (κ2) is 8.29. The summed E-state index contributed by atoms with van der Waals surface area (Å²) >= 11 is 8.41. The number of carbonyl (C=O) groups is 1. The summed E-state index contributed by atoms with van der Waals surface area (Å²) in [4.78, 5) is 17.0. The fourth-order valence-electron chi connectivity index (χ4n) is 2.59. The van der Waals surface area contributed by atoms with Crippen LogP contribution in [-0.4, -0.2) is 27.6 Å². The van der Waals surface area contributed by atoms with Crippen molar-refractivity contribution in [1.82, 2.24) is 25.7 Å². The summed E-state index contributed by atoms with van der Waals surface area (Å²) in [6.07, 6.45) is 0.637. The van der Waals surface area contributed by atoms with Crippen molar-refractivity contribution in [2.24, 2.45) is 0 Å². The van der Waals surface area contributed by atoms with Crippen LogP contribution in [0.4, 0.5) is 0 Å². The molecule has 0 saturated heterocycles. The van der Waals surface area contributed by atoms with Crippen molar-refractivity contribution in [1.29, 1.82) is 0 Å². The molecule has 6 nitrogen and oxygen atoms in total. The minimum Gasteiger partial charge on any atom is -0.364 e. The van der Waals surface area contributed by atoms with Crippen LogP contribution in [0.25, 0.3) is 11.0 Å². The number of nitrogens with one attached hydrogen (secondary N) is 3.